The third-order valence-electron chi connectivity index (χ3n) is 2.17. The summed E-state index contributed by atoms with van der Waals surface area (Å²) in [6.45, 7) is 6.48. The van der Waals surface area contributed by atoms with Crippen molar-refractivity contribution < 1.29 is 4.79 Å². The Hall–Kier alpha value is -0.640. The first-order valence-corrected chi connectivity index (χ1v) is 5.56. The molecule has 0 saturated carbocycles. The Labute approximate surface area is 92.6 Å². The molecule has 0 fully saturated rings. The van der Waals surface area contributed by atoms with Crippen molar-refractivity contribution in [1.82, 2.24) is 9.78 Å². The highest BCUT2D eigenvalue weighted by Crippen LogP contribution is 2.22. The van der Waals surface area contributed by atoms with Gasteiger partial charge in [-0.1, -0.05) is 0 Å². The molecule has 0 aliphatic carbocycles. The molecule has 0 aliphatic heterocycles. The fourth-order valence-corrected chi connectivity index (χ4v) is 1.88. The number of carbonyl (C=O) groups is 1. The summed E-state index contributed by atoms with van der Waals surface area (Å²) in [6, 6.07) is 0. The second-order valence-electron chi connectivity index (χ2n) is 3.36. The van der Waals surface area contributed by atoms with Crippen LogP contribution in [0.25, 0.3) is 0 Å². The molecule has 4 heteroatoms. The van der Waals surface area contributed by atoms with Gasteiger partial charge in [-0.15, -0.1) is 0 Å². The zero-order valence-electron chi connectivity index (χ0n) is 8.80. The Morgan fingerprint density at radius 2 is 2.21 bits per heavy atom. The number of Topliss-reactive ketones (excluding diaryl/α,β-unsaturated/α-hetero) is 1. The van der Waals surface area contributed by atoms with Crippen molar-refractivity contribution in [3.63, 3.8) is 0 Å². The average Bonchev–Trinajstić information content (AvgIpc) is 2.40. The van der Waals surface area contributed by atoms with Crippen LogP contribution in [-0.4, -0.2) is 15.6 Å². The molecule has 1 aromatic rings. The number of rotatable bonds is 4. The van der Waals surface area contributed by atoms with E-state index < -0.39 is 0 Å². The Kier molecular flexibility index (Phi) is 3.86. The minimum atomic E-state index is 0.221. The second kappa shape index (κ2) is 4.73. The molecule has 0 N–H and O–H groups in total. The quantitative estimate of drug-likeness (QED) is 0.832. The summed E-state index contributed by atoms with van der Waals surface area (Å²) in [6.07, 6.45) is 1.36. The molecule has 1 rings (SSSR count). The standard InChI is InChI=1S/C10H15BrN2O/c1-4-13-9(6-5-7(2)14)10(11)8(3)12-13/h4-6H2,1-3H3. The zero-order valence-corrected chi connectivity index (χ0v) is 10.4. The first kappa shape index (κ1) is 11.4. The molecule has 0 atom stereocenters. The maximum absolute atomic E-state index is 10.9. The first-order chi connectivity index (χ1) is 6.56. The number of nitrogens with zero attached hydrogens (tertiary/aromatic N) is 2. The summed E-state index contributed by atoms with van der Waals surface area (Å²) in [4.78, 5) is 10.9. The van der Waals surface area contributed by atoms with Crippen LogP contribution in [0.5, 0.6) is 0 Å². The van der Waals surface area contributed by atoms with Gasteiger partial charge in [-0.25, -0.2) is 0 Å². The summed E-state index contributed by atoms with van der Waals surface area (Å²) in [5.41, 5.74) is 2.12. The number of aromatic nitrogens is 2. The molecular formula is C10H15BrN2O. The zero-order chi connectivity index (χ0) is 10.7. The van der Waals surface area contributed by atoms with Gasteiger partial charge in [-0.2, -0.15) is 5.10 Å². The fourth-order valence-electron chi connectivity index (χ4n) is 1.40. The van der Waals surface area contributed by atoms with Crippen molar-refractivity contribution in [1.29, 1.82) is 0 Å². The lowest BCUT2D eigenvalue weighted by molar-refractivity contribution is -0.117. The molecule has 0 aromatic carbocycles. The molecule has 0 amide bonds. The highest BCUT2D eigenvalue weighted by atomic mass is 79.9. The van der Waals surface area contributed by atoms with E-state index in [1.807, 2.05) is 11.6 Å². The van der Waals surface area contributed by atoms with Crippen LogP contribution in [0.4, 0.5) is 0 Å². The molecule has 0 spiro atoms. The molecule has 0 unspecified atom stereocenters. The molecule has 78 valence electrons. The van der Waals surface area contributed by atoms with Crippen molar-refractivity contribution in [3.05, 3.63) is 15.9 Å². The minimum Gasteiger partial charge on any atom is -0.300 e. The number of ketones is 1. The normalized spacial score (nSPS) is 10.6. The number of carbonyl (C=O) groups excluding carboxylic acids is 1. The lowest BCUT2D eigenvalue weighted by atomic mass is 10.2. The van der Waals surface area contributed by atoms with E-state index >= 15 is 0 Å². The molecule has 0 bridgehead atoms. The van der Waals surface area contributed by atoms with E-state index in [9.17, 15) is 4.79 Å². The monoisotopic (exact) mass is 258 g/mol. The topological polar surface area (TPSA) is 34.9 Å². The molecule has 3 nitrogen and oxygen atoms in total. The Morgan fingerprint density at radius 1 is 1.57 bits per heavy atom. The average molecular weight is 259 g/mol. The molecule has 1 heterocycles. The van der Waals surface area contributed by atoms with Crippen molar-refractivity contribution in [2.24, 2.45) is 0 Å². The Balaban J connectivity index is 2.88. The largest absolute Gasteiger partial charge is 0.300 e. The van der Waals surface area contributed by atoms with E-state index in [1.165, 1.54) is 0 Å². The van der Waals surface area contributed by atoms with Gasteiger partial charge in [0.15, 0.2) is 0 Å². The highest BCUT2D eigenvalue weighted by Gasteiger charge is 2.11. The molecule has 1 aromatic heterocycles. The minimum absolute atomic E-state index is 0.221. The lowest BCUT2D eigenvalue weighted by Crippen LogP contribution is -2.05. The Morgan fingerprint density at radius 3 is 2.71 bits per heavy atom. The van der Waals surface area contributed by atoms with E-state index in [-0.39, 0.29) is 5.78 Å². The van der Waals surface area contributed by atoms with Crippen molar-refractivity contribution >= 4 is 21.7 Å². The summed E-state index contributed by atoms with van der Waals surface area (Å²) in [7, 11) is 0. The van der Waals surface area contributed by atoms with Gasteiger partial charge >= 0.3 is 0 Å². The molecule has 14 heavy (non-hydrogen) atoms. The van der Waals surface area contributed by atoms with Crippen LogP contribution < -0.4 is 0 Å². The van der Waals surface area contributed by atoms with Crippen molar-refractivity contribution in [2.75, 3.05) is 0 Å². The van der Waals surface area contributed by atoms with Crippen LogP contribution in [0, 0.1) is 6.92 Å². The van der Waals surface area contributed by atoms with Crippen molar-refractivity contribution in [3.8, 4) is 0 Å². The van der Waals surface area contributed by atoms with Gasteiger partial charge < -0.3 is 4.79 Å². The van der Waals surface area contributed by atoms with Crippen LogP contribution in [-0.2, 0) is 17.8 Å². The Bertz CT molecular complexity index is 344. The highest BCUT2D eigenvalue weighted by molar-refractivity contribution is 9.10. The van der Waals surface area contributed by atoms with Crippen LogP contribution in [0.2, 0.25) is 0 Å². The number of aryl methyl sites for hydroxylation is 2. The number of halogens is 1. The summed E-state index contributed by atoms with van der Waals surface area (Å²) >= 11 is 3.50. The van der Waals surface area contributed by atoms with E-state index in [4.69, 9.17) is 0 Å². The third-order valence-corrected chi connectivity index (χ3v) is 3.20. The molecule has 0 saturated heterocycles. The van der Waals surface area contributed by atoms with Gasteiger partial charge in [0, 0.05) is 13.0 Å². The number of hydrogen-bond acceptors (Lipinski definition) is 2. The van der Waals surface area contributed by atoms with Crippen molar-refractivity contribution in [2.45, 2.75) is 40.2 Å². The fraction of sp³-hybridized carbons (Fsp3) is 0.600. The summed E-state index contributed by atoms with van der Waals surface area (Å²) in [5, 5.41) is 4.37. The maximum atomic E-state index is 10.9. The molecular weight excluding hydrogens is 244 g/mol. The third kappa shape index (κ3) is 2.44. The van der Waals surface area contributed by atoms with Gasteiger partial charge in [0.05, 0.1) is 15.9 Å². The summed E-state index contributed by atoms with van der Waals surface area (Å²) in [5.74, 6) is 0.221. The second-order valence-corrected chi connectivity index (χ2v) is 4.16. The SMILES string of the molecule is CCn1nc(C)c(Br)c1CCC(C)=O. The van der Waals surface area contributed by atoms with Gasteiger partial charge in [0.25, 0.3) is 0 Å². The maximum Gasteiger partial charge on any atom is 0.130 e. The van der Waals surface area contributed by atoms with Gasteiger partial charge in [-0.05, 0) is 43.1 Å². The predicted molar refractivity (Wildman–Crippen MR) is 59.3 cm³/mol. The predicted octanol–water partition coefficient (Wildman–Crippen LogP) is 2.50. The summed E-state index contributed by atoms with van der Waals surface area (Å²) < 4.78 is 2.99. The number of hydrogen-bond donors (Lipinski definition) is 0. The van der Waals surface area contributed by atoms with E-state index in [0.29, 0.717) is 6.42 Å². The van der Waals surface area contributed by atoms with E-state index in [0.717, 1.165) is 28.8 Å². The molecule has 0 aliphatic rings. The lowest BCUT2D eigenvalue weighted by Gasteiger charge is -2.03. The van der Waals surface area contributed by atoms with Gasteiger partial charge in [0.1, 0.15) is 5.78 Å². The molecule has 0 radical (unpaired) electrons. The van der Waals surface area contributed by atoms with E-state index in [2.05, 4.69) is 28.0 Å². The van der Waals surface area contributed by atoms with Gasteiger partial charge in [-0.3, -0.25) is 4.68 Å². The smallest absolute Gasteiger partial charge is 0.130 e. The van der Waals surface area contributed by atoms with E-state index in [1.54, 1.807) is 6.92 Å². The van der Waals surface area contributed by atoms with Crippen LogP contribution >= 0.6 is 15.9 Å². The van der Waals surface area contributed by atoms with Gasteiger partial charge in [0.2, 0.25) is 0 Å². The van der Waals surface area contributed by atoms with Crippen LogP contribution in [0.15, 0.2) is 4.47 Å². The first-order valence-electron chi connectivity index (χ1n) is 4.77. The van der Waals surface area contributed by atoms with Crippen LogP contribution in [0.3, 0.4) is 0 Å². The van der Waals surface area contributed by atoms with Crippen LogP contribution in [0.1, 0.15) is 31.7 Å².